The number of carbonyl (C=O) groups excluding carboxylic acids is 2. The molecule has 160 valence electrons. The van der Waals surface area contributed by atoms with Crippen LogP contribution in [0.3, 0.4) is 0 Å². The minimum atomic E-state index is -1.24. The van der Waals surface area contributed by atoms with Crippen LogP contribution in [0.25, 0.3) is 0 Å². The predicted molar refractivity (Wildman–Crippen MR) is 95.7 cm³/mol. The van der Waals surface area contributed by atoms with Crippen LogP contribution in [0.15, 0.2) is 48.5 Å². The van der Waals surface area contributed by atoms with Crippen molar-refractivity contribution in [3.63, 3.8) is 0 Å². The minimum Gasteiger partial charge on any atom is -0.545 e. The second kappa shape index (κ2) is 15.3. The number of hydrogen-bond donors (Lipinski definition) is 6. The van der Waals surface area contributed by atoms with Crippen LogP contribution in [0.4, 0.5) is 0 Å². The molecule has 0 bridgehead atoms. The number of aromatic carboxylic acids is 2. The second-order valence-corrected chi connectivity index (χ2v) is 5.80. The number of aliphatic hydroxyl groups is 4. The summed E-state index contributed by atoms with van der Waals surface area (Å²) in [5, 5.41) is 71.7. The van der Waals surface area contributed by atoms with E-state index in [1.807, 2.05) is 0 Å². The fraction of sp³-hybridized carbons (Fsp3) is 0.263. The fourth-order valence-electron chi connectivity index (χ4n) is 1.50. The third-order valence-corrected chi connectivity index (χ3v) is 3.55. The van der Waals surface area contributed by atoms with Crippen molar-refractivity contribution in [2.45, 2.75) is 0 Å². The average Bonchev–Trinajstić information content (AvgIpc) is 2.72. The van der Waals surface area contributed by atoms with Crippen molar-refractivity contribution in [3.8, 4) is 11.5 Å². The van der Waals surface area contributed by atoms with Gasteiger partial charge in [0.25, 0.3) is 0 Å². The standard InChI is InChI=1S/2C7H6O3.C5H12O4.Zn/c2*8-6-3-1-5(2-4-6)7(9)10;6-1-5(2-7,3-8)4-9;/h2*1-4,8H,(H,9,10);6-9H,1-4H2;/q;;;+2/p-2. The molecule has 0 spiro atoms. The first-order chi connectivity index (χ1) is 13.6. The van der Waals surface area contributed by atoms with E-state index in [0.717, 1.165) is 0 Å². The van der Waals surface area contributed by atoms with Crippen LogP contribution in [0.1, 0.15) is 20.7 Å². The molecule has 0 radical (unpaired) electrons. The Bertz CT molecular complexity index is 670. The molecule has 0 amide bonds. The summed E-state index contributed by atoms with van der Waals surface area (Å²) in [7, 11) is 0. The Hall–Kier alpha value is -2.56. The van der Waals surface area contributed by atoms with E-state index < -0.39 is 43.8 Å². The SMILES string of the molecule is O=C([O-])c1ccc(O)cc1.O=C([O-])c1ccc(O)cc1.OCC(CO)(CO)CO.[Zn+2]. The van der Waals surface area contributed by atoms with Crippen LogP contribution in [0.5, 0.6) is 11.5 Å². The molecule has 30 heavy (non-hydrogen) atoms. The Kier molecular flexibility index (Phi) is 15.1. The number of carbonyl (C=O) groups is 2. The van der Waals surface area contributed by atoms with Gasteiger partial charge in [-0.1, -0.05) is 0 Å². The number of phenols is 2. The van der Waals surface area contributed by atoms with Crippen LogP contribution in [-0.2, 0) is 19.5 Å². The number of aromatic hydroxyl groups is 2. The Morgan fingerprint density at radius 1 is 0.633 bits per heavy atom. The Morgan fingerprint density at radius 2 is 0.867 bits per heavy atom. The van der Waals surface area contributed by atoms with Crippen molar-refractivity contribution in [1.82, 2.24) is 0 Å². The fourth-order valence-corrected chi connectivity index (χ4v) is 1.50. The van der Waals surface area contributed by atoms with Gasteiger partial charge in [0.15, 0.2) is 0 Å². The summed E-state index contributed by atoms with van der Waals surface area (Å²) in [6.45, 7) is -1.62. The summed E-state index contributed by atoms with van der Waals surface area (Å²) >= 11 is 0. The van der Waals surface area contributed by atoms with E-state index in [1.165, 1.54) is 48.5 Å². The summed E-state index contributed by atoms with van der Waals surface area (Å²) in [6.07, 6.45) is 0. The van der Waals surface area contributed by atoms with Crippen molar-refractivity contribution >= 4 is 11.9 Å². The summed E-state index contributed by atoms with van der Waals surface area (Å²) in [6, 6.07) is 10.3. The molecule has 0 atom stereocenters. The Balaban J connectivity index is 0. The van der Waals surface area contributed by atoms with Gasteiger partial charge < -0.3 is 50.4 Å². The average molecular weight is 476 g/mol. The van der Waals surface area contributed by atoms with Crippen molar-refractivity contribution in [2.75, 3.05) is 26.4 Å². The van der Waals surface area contributed by atoms with Gasteiger partial charge >= 0.3 is 19.5 Å². The molecule has 0 aliphatic carbocycles. The molecule has 0 saturated heterocycles. The smallest absolute Gasteiger partial charge is 0.545 e. The number of carboxylic acid groups (broad SMARTS) is 2. The Labute approximate surface area is 185 Å². The normalized spacial score (nSPS) is 9.73. The minimum absolute atomic E-state index is 0. The summed E-state index contributed by atoms with van der Waals surface area (Å²) < 4.78 is 0. The van der Waals surface area contributed by atoms with Crippen LogP contribution < -0.4 is 10.2 Å². The predicted octanol–water partition coefficient (Wildman–Crippen LogP) is -2.55. The first-order valence-electron chi connectivity index (χ1n) is 8.09. The van der Waals surface area contributed by atoms with Gasteiger partial charge in [-0.15, -0.1) is 0 Å². The monoisotopic (exact) mass is 474 g/mol. The number of rotatable bonds is 6. The van der Waals surface area contributed by atoms with Gasteiger partial charge in [0, 0.05) is 0 Å². The molecule has 2 rings (SSSR count). The zero-order valence-corrected chi connectivity index (χ0v) is 18.9. The van der Waals surface area contributed by atoms with Gasteiger partial charge in [-0.25, -0.2) is 0 Å². The molecule has 0 unspecified atom stereocenters. The first-order valence-corrected chi connectivity index (χ1v) is 8.09. The molecule has 0 aromatic heterocycles. The maximum absolute atomic E-state index is 10.1. The molecule has 10 nitrogen and oxygen atoms in total. The van der Waals surface area contributed by atoms with E-state index in [-0.39, 0.29) is 42.1 Å². The van der Waals surface area contributed by atoms with Gasteiger partial charge in [0.05, 0.1) is 43.8 Å². The van der Waals surface area contributed by atoms with Crippen LogP contribution in [0, 0.1) is 5.41 Å². The van der Waals surface area contributed by atoms with E-state index >= 15 is 0 Å². The van der Waals surface area contributed by atoms with E-state index in [4.69, 9.17) is 30.6 Å². The van der Waals surface area contributed by atoms with Gasteiger partial charge in [-0.05, 0) is 59.7 Å². The molecular weight excluding hydrogens is 454 g/mol. The van der Waals surface area contributed by atoms with E-state index in [9.17, 15) is 19.8 Å². The third kappa shape index (κ3) is 10.8. The molecule has 0 fully saturated rings. The zero-order chi connectivity index (χ0) is 22.4. The molecule has 11 heteroatoms. The summed E-state index contributed by atoms with van der Waals surface area (Å²) in [5.74, 6) is -2.38. The molecule has 6 N–H and O–H groups in total. The molecule has 0 heterocycles. The van der Waals surface area contributed by atoms with E-state index in [1.54, 1.807) is 0 Å². The van der Waals surface area contributed by atoms with Crippen LogP contribution in [-0.4, -0.2) is 69.0 Å². The first kappa shape index (κ1) is 29.6. The maximum Gasteiger partial charge on any atom is 2.00 e. The molecule has 2 aromatic carbocycles. The molecular formula is C19H22O10Zn. The van der Waals surface area contributed by atoms with Crippen LogP contribution in [0.2, 0.25) is 0 Å². The van der Waals surface area contributed by atoms with Gasteiger partial charge in [0.1, 0.15) is 11.5 Å². The van der Waals surface area contributed by atoms with E-state index in [2.05, 4.69) is 0 Å². The zero-order valence-electron chi connectivity index (χ0n) is 16.0. The Morgan fingerprint density at radius 3 is 1.00 bits per heavy atom. The van der Waals surface area contributed by atoms with Crippen molar-refractivity contribution in [3.05, 3.63) is 59.7 Å². The van der Waals surface area contributed by atoms with Crippen molar-refractivity contribution < 1.29 is 69.9 Å². The third-order valence-electron chi connectivity index (χ3n) is 3.55. The summed E-state index contributed by atoms with van der Waals surface area (Å²) in [5.41, 5.74) is -0.976. The maximum atomic E-state index is 10.1. The number of benzene rings is 2. The van der Waals surface area contributed by atoms with Gasteiger partial charge in [0.2, 0.25) is 0 Å². The largest absolute Gasteiger partial charge is 2.00 e. The van der Waals surface area contributed by atoms with Crippen molar-refractivity contribution in [1.29, 1.82) is 0 Å². The van der Waals surface area contributed by atoms with E-state index in [0.29, 0.717) is 0 Å². The second-order valence-electron chi connectivity index (χ2n) is 5.80. The number of aliphatic hydroxyl groups excluding tert-OH is 4. The van der Waals surface area contributed by atoms with Gasteiger partial charge in [-0.3, -0.25) is 0 Å². The summed E-state index contributed by atoms with van der Waals surface area (Å²) in [4.78, 5) is 20.2. The molecule has 0 aliphatic heterocycles. The van der Waals surface area contributed by atoms with Crippen LogP contribution >= 0.6 is 0 Å². The number of carboxylic acids is 2. The van der Waals surface area contributed by atoms with Crippen molar-refractivity contribution in [2.24, 2.45) is 5.41 Å². The number of phenolic OH excluding ortho intramolecular Hbond substituents is 2. The molecule has 0 saturated carbocycles. The molecule has 2 aromatic rings. The topological polar surface area (TPSA) is 202 Å². The quantitative estimate of drug-likeness (QED) is 0.241. The van der Waals surface area contributed by atoms with Gasteiger partial charge in [-0.2, -0.15) is 0 Å². The molecule has 0 aliphatic rings. The number of hydrogen-bond acceptors (Lipinski definition) is 10.